The highest BCUT2D eigenvalue weighted by Gasteiger charge is 2.20. The van der Waals surface area contributed by atoms with E-state index in [0.29, 0.717) is 11.4 Å². The molecule has 0 heterocycles. The van der Waals surface area contributed by atoms with Crippen molar-refractivity contribution in [2.24, 2.45) is 0 Å². The number of anilines is 1. The van der Waals surface area contributed by atoms with Crippen LogP contribution in [0, 0.1) is 10.1 Å². The number of methoxy groups -OCH3 is 1. The Labute approximate surface area is 129 Å². The summed E-state index contributed by atoms with van der Waals surface area (Å²) in [5, 5.41) is 13.5. The highest BCUT2D eigenvalue weighted by molar-refractivity contribution is 9.10. The summed E-state index contributed by atoms with van der Waals surface area (Å²) in [7, 11) is 1.49. The zero-order chi connectivity index (χ0) is 15.4. The standard InChI is InChI=1S/C14H11BrN2O4/c1-21-12-8-3-2-6-10(12)16-14(18)9-5-4-7-11(13(9)15)17(19)20/h2-8H,1H3,(H,16,18). The van der Waals surface area contributed by atoms with Crippen LogP contribution in [-0.2, 0) is 0 Å². The summed E-state index contributed by atoms with van der Waals surface area (Å²) in [6, 6.07) is 11.2. The molecule has 0 radical (unpaired) electrons. The van der Waals surface area contributed by atoms with E-state index in [9.17, 15) is 14.9 Å². The molecule has 0 atom stereocenters. The van der Waals surface area contributed by atoms with Crippen LogP contribution in [-0.4, -0.2) is 17.9 Å². The van der Waals surface area contributed by atoms with Gasteiger partial charge in [0.15, 0.2) is 0 Å². The topological polar surface area (TPSA) is 81.5 Å². The lowest BCUT2D eigenvalue weighted by Crippen LogP contribution is -2.13. The number of hydrogen-bond donors (Lipinski definition) is 1. The summed E-state index contributed by atoms with van der Waals surface area (Å²) in [5.74, 6) is 0.0440. The second kappa shape index (κ2) is 6.36. The van der Waals surface area contributed by atoms with Gasteiger partial charge in [-0.2, -0.15) is 0 Å². The third kappa shape index (κ3) is 3.19. The molecule has 2 rings (SSSR count). The summed E-state index contributed by atoms with van der Waals surface area (Å²) < 4.78 is 5.28. The van der Waals surface area contributed by atoms with Crippen molar-refractivity contribution >= 4 is 33.2 Å². The van der Waals surface area contributed by atoms with Crippen LogP contribution in [0.4, 0.5) is 11.4 Å². The molecule has 1 N–H and O–H groups in total. The molecular weight excluding hydrogens is 340 g/mol. The number of benzene rings is 2. The molecule has 0 aliphatic rings. The third-order valence-electron chi connectivity index (χ3n) is 2.77. The highest BCUT2D eigenvalue weighted by Crippen LogP contribution is 2.30. The zero-order valence-electron chi connectivity index (χ0n) is 11.0. The number of para-hydroxylation sites is 2. The minimum atomic E-state index is -0.552. The lowest BCUT2D eigenvalue weighted by molar-refractivity contribution is -0.385. The maximum atomic E-state index is 12.3. The summed E-state index contributed by atoms with van der Waals surface area (Å²) in [6.07, 6.45) is 0. The lowest BCUT2D eigenvalue weighted by Gasteiger charge is -2.10. The molecule has 0 aromatic heterocycles. The van der Waals surface area contributed by atoms with E-state index in [1.165, 1.54) is 25.3 Å². The lowest BCUT2D eigenvalue weighted by atomic mass is 10.2. The molecule has 21 heavy (non-hydrogen) atoms. The van der Waals surface area contributed by atoms with E-state index in [-0.39, 0.29) is 15.7 Å². The first kappa shape index (κ1) is 15.0. The van der Waals surface area contributed by atoms with Crippen LogP contribution < -0.4 is 10.1 Å². The number of rotatable bonds is 4. The van der Waals surface area contributed by atoms with Crippen LogP contribution in [0.1, 0.15) is 10.4 Å². The van der Waals surface area contributed by atoms with Gasteiger partial charge in [-0.15, -0.1) is 0 Å². The number of hydrogen-bond acceptors (Lipinski definition) is 4. The van der Waals surface area contributed by atoms with Gasteiger partial charge in [0.05, 0.1) is 23.3 Å². The van der Waals surface area contributed by atoms with Crippen molar-refractivity contribution in [1.29, 1.82) is 0 Å². The maximum Gasteiger partial charge on any atom is 0.284 e. The van der Waals surface area contributed by atoms with E-state index in [1.54, 1.807) is 24.3 Å². The van der Waals surface area contributed by atoms with Gasteiger partial charge in [-0.05, 0) is 34.1 Å². The molecule has 108 valence electrons. The Bertz CT molecular complexity index is 703. The van der Waals surface area contributed by atoms with Gasteiger partial charge >= 0.3 is 0 Å². The van der Waals surface area contributed by atoms with Gasteiger partial charge in [-0.3, -0.25) is 14.9 Å². The quantitative estimate of drug-likeness (QED) is 0.674. The molecule has 0 aliphatic heterocycles. The Morgan fingerprint density at radius 1 is 1.24 bits per heavy atom. The minimum Gasteiger partial charge on any atom is -0.495 e. The van der Waals surface area contributed by atoms with Gasteiger partial charge in [-0.25, -0.2) is 0 Å². The fourth-order valence-electron chi connectivity index (χ4n) is 1.77. The van der Waals surface area contributed by atoms with Crippen molar-refractivity contribution in [3.8, 4) is 5.75 Å². The molecule has 1 amide bonds. The van der Waals surface area contributed by atoms with Crippen LogP contribution in [0.15, 0.2) is 46.9 Å². The normalized spacial score (nSPS) is 10.0. The largest absolute Gasteiger partial charge is 0.495 e. The van der Waals surface area contributed by atoms with Gasteiger partial charge in [0.2, 0.25) is 0 Å². The Balaban J connectivity index is 2.33. The van der Waals surface area contributed by atoms with Crippen molar-refractivity contribution in [3.63, 3.8) is 0 Å². The smallest absolute Gasteiger partial charge is 0.284 e. The van der Waals surface area contributed by atoms with E-state index < -0.39 is 10.8 Å². The van der Waals surface area contributed by atoms with Crippen molar-refractivity contribution in [2.45, 2.75) is 0 Å². The van der Waals surface area contributed by atoms with Gasteiger partial charge in [0.1, 0.15) is 10.2 Å². The first-order valence-corrected chi connectivity index (χ1v) is 6.71. The average molecular weight is 351 g/mol. The van der Waals surface area contributed by atoms with Crippen LogP contribution in [0.2, 0.25) is 0 Å². The highest BCUT2D eigenvalue weighted by atomic mass is 79.9. The second-order valence-corrected chi connectivity index (χ2v) is 4.84. The fourth-order valence-corrected chi connectivity index (χ4v) is 2.36. The van der Waals surface area contributed by atoms with E-state index in [4.69, 9.17) is 4.74 Å². The maximum absolute atomic E-state index is 12.3. The number of carbonyl (C=O) groups excluding carboxylic acids is 1. The summed E-state index contributed by atoms with van der Waals surface area (Å²) >= 11 is 3.10. The molecule has 0 fully saturated rings. The van der Waals surface area contributed by atoms with Gasteiger partial charge in [0.25, 0.3) is 11.6 Å². The van der Waals surface area contributed by atoms with Crippen molar-refractivity contribution in [1.82, 2.24) is 0 Å². The molecule has 7 heteroatoms. The Morgan fingerprint density at radius 3 is 2.62 bits per heavy atom. The number of carbonyl (C=O) groups is 1. The number of nitro benzene ring substituents is 1. The van der Waals surface area contributed by atoms with E-state index >= 15 is 0 Å². The Hall–Kier alpha value is -2.41. The molecule has 2 aromatic rings. The molecule has 0 spiro atoms. The molecule has 0 saturated heterocycles. The fraction of sp³-hybridized carbons (Fsp3) is 0.0714. The van der Waals surface area contributed by atoms with Crippen molar-refractivity contribution < 1.29 is 14.5 Å². The predicted octanol–water partition coefficient (Wildman–Crippen LogP) is 3.62. The van der Waals surface area contributed by atoms with Crippen LogP contribution in [0.25, 0.3) is 0 Å². The van der Waals surface area contributed by atoms with Gasteiger partial charge < -0.3 is 10.1 Å². The Morgan fingerprint density at radius 2 is 1.95 bits per heavy atom. The van der Waals surface area contributed by atoms with E-state index in [2.05, 4.69) is 21.2 Å². The molecule has 0 bridgehead atoms. The molecule has 0 aliphatic carbocycles. The predicted molar refractivity (Wildman–Crippen MR) is 81.7 cm³/mol. The third-order valence-corrected chi connectivity index (χ3v) is 3.61. The molecule has 0 unspecified atom stereocenters. The second-order valence-electron chi connectivity index (χ2n) is 4.05. The summed E-state index contributed by atoms with van der Waals surface area (Å²) in [4.78, 5) is 22.6. The van der Waals surface area contributed by atoms with Gasteiger partial charge in [0, 0.05) is 6.07 Å². The monoisotopic (exact) mass is 350 g/mol. The van der Waals surface area contributed by atoms with Gasteiger partial charge in [-0.1, -0.05) is 18.2 Å². The molecule has 6 nitrogen and oxygen atoms in total. The number of halogens is 1. The molecule has 0 saturated carbocycles. The summed E-state index contributed by atoms with van der Waals surface area (Å²) in [5.41, 5.74) is 0.501. The molecular formula is C14H11BrN2O4. The summed E-state index contributed by atoms with van der Waals surface area (Å²) in [6.45, 7) is 0. The number of nitrogens with one attached hydrogen (secondary N) is 1. The zero-order valence-corrected chi connectivity index (χ0v) is 12.6. The van der Waals surface area contributed by atoms with E-state index in [0.717, 1.165) is 0 Å². The number of nitro groups is 1. The van der Waals surface area contributed by atoms with Crippen LogP contribution in [0.5, 0.6) is 5.75 Å². The van der Waals surface area contributed by atoms with E-state index in [1.807, 2.05) is 0 Å². The van der Waals surface area contributed by atoms with Crippen molar-refractivity contribution in [2.75, 3.05) is 12.4 Å². The number of nitrogens with zero attached hydrogens (tertiary/aromatic N) is 1. The SMILES string of the molecule is COc1ccccc1NC(=O)c1cccc([N+](=O)[O-])c1Br. The first-order chi connectivity index (χ1) is 10.0. The molecule has 2 aromatic carbocycles. The number of amides is 1. The van der Waals surface area contributed by atoms with Crippen LogP contribution in [0.3, 0.4) is 0 Å². The first-order valence-electron chi connectivity index (χ1n) is 5.92. The Kier molecular flexibility index (Phi) is 4.54. The number of ether oxygens (including phenoxy) is 1. The average Bonchev–Trinajstić information content (AvgIpc) is 2.47. The minimum absolute atomic E-state index is 0.141. The van der Waals surface area contributed by atoms with Crippen molar-refractivity contribution in [3.05, 3.63) is 62.6 Å². The van der Waals surface area contributed by atoms with Crippen LogP contribution >= 0.6 is 15.9 Å².